The molecule has 1 saturated carbocycles. The van der Waals surface area contributed by atoms with E-state index in [4.69, 9.17) is 21.9 Å². The molecular formula is C17H26N2OS. The molecule has 0 saturated heterocycles. The maximum absolute atomic E-state index is 6.21. The van der Waals surface area contributed by atoms with Crippen LogP contribution in [-0.2, 0) is 23.2 Å². The Morgan fingerprint density at radius 2 is 2.00 bits per heavy atom. The Labute approximate surface area is 132 Å². The van der Waals surface area contributed by atoms with E-state index < -0.39 is 0 Å². The Morgan fingerprint density at radius 1 is 1.29 bits per heavy atom. The summed E-state index contributed by atoms with van der Waals surface area (Å²) in [4.78, 5) is 8.37. The van der Waals surface area contributed by atoms with Crippen LogP contribution in [0.3, 0.4) is 0 Å². The van der Waals surface area contributed by atoms with Crippen LogP contribution in [-0.4, -0.2) is 16.6 Å². The summed E-state index contributed by atoms with van der Waals surface area (Å²) in [5, 5.41) is 0. The van der Waals surface area contributed by atoms with E-state index in [1.165, 1.54) is 36.9 Å². The van der Waals surface area contributed by atoms with Gasteiger partial charge < -0.3 is 9.72 Å². The van der Waals surface area contributed by atoms with Crippen LogP contribution in [0.4, 0.5) is 0 Å². The molecule has 2 aliphatic carbocycles. The lowest BCUT2D eigenvalue weighted by Crippen LogP contribution is -2.37. The third kappa shape index (κ3) is 2.93. The van der Waals surface area contributed by atoms with Crippen LogP contribution in [0.2, 0.25) is 0 Å². The van der Waals surface area contributed by atoms with Gasteiger partial charge in [0, 0.05) is 17.9 Å². The summed E-state index contributed by atoms with van der Waals surface area (Å²) in [5.74, 6) is 1.78. The Bertz CT molecular complexity index is 558. The third-order valence-electron chi connectivity index (χ3n) is 5.14. The largest absolute Gasteiger partial charge is 0.367 e. The first-order valence-corrected chi connectivity index (χ1v) is 8.82. The van der Waals surface area contributed by atoms with Crippen molar-refractivity contribution in [3.05, 3.63) is 21.7 Å². The van der Waals surface area contributed by atoms with Crippen molar-refractivity contribution >= 4 is 12.2 Å². The number of hydrogen-bond acceptors (Lipinski definition) is 3. The van der Waals surface area contributed by atoms with Crippen molar-refractivity contribution < 1.29 is 4.74 Å². The summed E-state index contributed by atoms with van der Waals surface area (Å²) >= 11 is 5.57. The van der Waals surface area contributed by atoms with Gasteiger partial charge in [0.25, 0.3) is 0 Å². The number of nitrogens with one attached hydrogen (secondary N) is 1. The van der Waals surface area contributed by atoms with Gasteiger partial charge in [-0.1, -0.05) is 19.1 Å². The lowest BCUT2D eigenvalue weighted by atomic mass is 9.78. The molecular weight excluding hydrogens is 280 g/mol. The zero-order valence-electron chi connectivity index (χ0n) is 13.2. The minimum Gasteiger partial charge on any atom is -0.367 e. The van der Waals surface area contributed by atoms with E-state index in [0.717, 1.165) is 48.7 Å². The fourth-order valence-corrected chi connectivity index (χ4v) is 4.11. The second kappa shape index (κ2) is 6.17. The van der Waals surface area contributed by atoms with Crippen molar-refractivity contribution in [3.8, 4) is 0 Å². The standard InChI is InChI=1S/C17H26N2OS/c1-3-20-17(10-8-12(2)9-11-17)16-18-14-7-5-4-6-13(14)15(21)19-16/h12H,3-11H2,1-2H3,(H,18,19,21). The Morgan fingerprint density at radius 3 is 2.71 bits per heavy atom. The first-order valence-electron chi connectivity index (χ1n) is 8.41. The van der Waals surface area contributed by atoms with E-state index in [0.29, 0.717) is 0 Å². The van der Waals surface area contributed by atoms with Gasteiger partial charge >= 0.3 is 0 Å². The van der Waals surface area contributed by atoms with Crippen LogP contribution in [0.25, 0.3) is 0 Å². The topological polar surface area (TPSA) is 37.9 Å². The van der Waals surface area contributed by atoms with Crippen LogP contribution in [0, 0.1) is 10.6 Å². The zero-order chi connectivity index (χ0) is 14.9. The van der Waals surface area contributed by atoms with Crippen molar-refractivity contribution in [1.82, 2.24) is 9.97 Å². The SMILES string of the molecule is CCOC1(c2nc(=S)c3c([nH]2)CCCC3)CCC(C)CC1. The van der Waals surface area contributed by atoms with Gasteiger partial charge in [-0.05, 0) is 64.2 Å². The van der Waals surface area contributed by atoms with Crippen LogP contribution in [0.15, 0.2) is 0 Å². The molecule has 21 heavy (non-hydrogen) atoms. The van der Waals surface area contributed by atoms with Gasteiger partial charge in [0.1, 0.15) is 16.1 Å². The predicted molar refractivity (Wildman–Crippen MR) is 87.0 cm³/mol. The summed E-state index contributed by atoms with van der Waals surface area (Å²) in [6.45, 7) is 5.14. The van der Waals surface area contributed by atoms with E-state index in [1.807, 2.05) is 0 Å². The predicted octanol–water partition coefficient (Wildman–Crippen LogP) is 4.46. The second-order valence-corrected chi connectivity index (χ2v) is 7.05. The normalized spacial score (nSPS) is 29.1. The number of H-pyrrole nitrogens is 1. The number of aromatic amines is 1. The van der Waals surface area contributed by atoms with Crippen LogP contribution >= 0.6 is 12.2 Å². The molecule has 116 valence electrons. The molecule has 0 aromatic carbocycles. The van der Waals surface area contributed by atoms with Crippen molar-refractivity contribution in [2.75, 3.05) is 6.61 Å². The molecule has 0 atom stereocenters. The number of nitrogens with zero attached hydrogens (tertiary/aromatic N) is 1. The molecule has 0 amide bonds. The number of aryl methyl sites for hydroxylation is 1. The molecule has 4 heteroatoms. The van der Waals surface area contributed by atoms with E-state index in [2.05, 4.69) is 18.8 Å². The molecule has 0 unspecified atom stereocenters. The molecule has 1 fully saturated rings. The lowest BCUT2D eigenvalue weighted by Gasteiger charge is -2.38. The number of ether oxygens (including phenoxy) is 1. The van der Waals surface area contributed by atoms with E-state index >= 15 is 0 Å². The molecule has 1 aromatic heterocycles. The molecule has 0 radical (unpaired) electrons. The monoisotopic (exact) mass is 306 g/mol. The summed E-state index contributed by atoms with van der Waals surface area (Å²) in [6.07, 6.45) is 9.20. The highest BCUT2D eigenvalue weighted by Gasteiger charge is 2.39. The fourth-order valence-electron chi connectivity index (χ4n) is 3.79. The Kier molecular flexibility index (Phi) is 4.46. The molecule has 1 aromatic rings. The lowest BCUT2D eigenvalue weighted by molar-refractivity contribution is -0.0839. The molecule has 0 spiro atoms. The number of hydrogen-bond donors (Lipinski definition) is 1. The Balaban J connectivity index is 2.00. The fraction of sp³-hybridized carbons (Fsp3) is 0.765. The van der Waals surface area contributed by atoms with Gasteiger partial charge in [0.15, 0.2) is 0 Å². The first-order chi connectivity index (χ1) is 10.1. The van der Waals surface area contributed by atoms with Crippen molar-refractivity contribution in [3.63, 3.8) is 0 Å². The van der Waals surface area contributed by atoms with E-state index in [1.54, 1.807) is 0 Å². The highest BCUT2D eigenvalue weighted by atomic mass is 32.1. The third-order valence-corrected chi connectivity index (χ3v) is 5.48. The summed E-state index contributed by atoms with van der Waals surface area (Å²) in [6, 6.07) is 0. The number of fused-ring (bicyclic) bond motifs is 1. The van der Waals surface area contributed by atoms with Gasteiger partial charge in [0.2, 0.25) is 0 Å². The van der Waals surface area contributed by atoms with Crippen LogP contribution in [0.5, 0.6) is 0 Å². The maximum atomic E-state index is 6.21. The molecule has 3 rings (SSSR count). The average Bonchev–Trinajstić information content (AvgIpc) is 2.50. The number of rotatable bonds is 3. The van der Waals surface area contributed by atoms with Gasteiger partial charge in [0.05, 0.1) is 0 Å². The smallest absolute Gasteiger partial charge is 0.140 e. The first kappa shape index (κ1) is 15.2. The highest BCUT2D eigenvalue weighted by molar-refractivity contribution is 7.71. The second-order valence-electron chi connectivity index (χ2n) is 6.66. The summed E-state index contributed by atoms with van der Waals surface area (Å²) in [7, 11) is 0. The molecule has 1 N–H and O–H groups in total. The van der Waals surface area contributed by atoms with Crippen molar-refractivity contribution in [1.29, 1.82) is 0 Å². The minimum atomic E-state index is -0.235. The zero-order valence-corrected chi connectivity index (χ0v) is 14.0. The summed E-state index contributed by atoms with van der Waals surface area (Å²) < 4.78 is 7.01. The van der Waals surface area contributed by atoms with Crippen LogP contribution < -0.4 is 0 Å². The minimum absolute atomic E-state index is 0.235. The van der Waals surface area contributed by atoms with Crippen LogP contribution in [0.1, 0.15) is 69.5 Å². The van der Waals surface area contributed by atoms with Gasteiger partial charge in [-0.25, -0.2) is 4.98 Å². The number of aromatic nitrogens is 2. The van der Waals surface area contributed by atoms with Gasteiger partial charge in [-0.3, -0.25) is 0 Å². The molecule has 1 heterocycles. The average molecular weight is 306 g/mol. The summed E-state index contributed by atoms with van der Waals surface area (Å²) in [5.41, 5.74) is 2.35. The molecule has 3 nitrogen and oxygen atoms in total. The van der Waals surface area contributed by atoms with Gasteiger partial charge in [-0.2, -0.15) is 0 Å². The maximum Gasteiger partial charge on any atom is 0.140 e. The molecule has 2 aliphatic rings. The van der Waals surface area contributed by atoms with Gasteiger partial charge in [-0.15, -0.1) is 0 Å². The van der Waals surface area contributed by atoms with E-state index in [9.17, 15) is 0 Å². The molecule has 0 aliphatic heterocycles. The molecule has 0 bridgehead atoms. The highest BCUT2D eigenvalue weighted by Crippen LogP contribution is 2.41. The Hall–Kier alpha value is -0.740. The quantitative estimate of drug-likeness (QED) is 0.838. The van der Waals surface area contributed by atoms with Crippen molar-refractivity contribution in [2.45, 2.75) is 70.8 Å². The van der Waals surface area contributed by atoms with E-state index in [-0.39, 0.29) is 5.60 Å². The van der Waals surface area contributed by atoms with Crippen molar-refractivity contribution in [2.24, 2.45) is 5.92 Å².